The van der Waals surface area contributed by atoms with E-state index in [0.29, 0.717) is 37.7 Å². The lowest BCUT2D eigenvalue weighted by atomic mass is 10.3. The number of aromatic nitrogens is 2. The molecule has 1 aromatic heterocycles. The van der Waals surface area contributed by atoms with Crippen LogP contribution in [0, 0.1) is 0 Å². The quantitative estimate of drug-likeness (QED) is 0.691. The lowest BCUT2D eigenvalue weighted by molar-refractivity contribution is 0.209. The predicted octanol–water partition coefficient (Wildman–Crippen LogP) is -0.998. The van der Waals surface area contributed by atoms with Crippen molar-refractivity contribution in [3.8, 4) is 0 Å². The van der Waals surface area contributed by atoms with E-state index >= 15 is 0 Å². The second kappa shape index (κ2) is 5.31. The van der Waals surface area contributed by atoms with E-state index in [2.05, 4.69) is 10.2 Å². The van der Waals surface area contributed by atoms with Crippen LogP contribution in [0.15, 0.2) is 17.3 Å². The van der Waals surface area contributed by atoms with Crippen LogP contribution in [0.5, 0.6) is 0 Å². The van der Waals surface area contributed by atoms with Gasteiger partial charge in [-0.2, -0.15) is 9.40 Å². The molecule has 0 amide bonds. The number of nitrogens with one attached hydrogen (secondary N) is 1. The Morgan fingerprint density at radius 1 is 1.44 bits per heavy atom. The number of hydrogen-bond acceptors (Lipinski definition) is 5. The van der Waals surface area contributed by atoms with Crippen molar-refractivity contribution in [2.75, 3.05) is 32.7 Å². The van der Waals surface area contributed by atoms with Crippen LogP contribution in [0.2, 0.25) is 0 Å². The van der Waals surface area contributed by atoms with Crippen molar-refractivity contribution in [3.05, 3.63) is 12.3 Å². The van der Waals surface area contributed by atoms with E-state index < -0.39 is 10.0 Å². The molecule has 100 valence electrons. The van der Waals surface area contributed by atoms with Gasteiger partial charge in [-0.15, -0.1) is 0 Å². The van der Waals surface area contributed by atoms with E-state index in [9.17, 15) is 8.42 Å². The van der Waals surface area contributed by atoms with Gasteiger partial charge in [0, 0.05) is 32.7 Å². The van der Waals surface area contributed by atoms with E-state index in [4.69, 9.17) is 18.0 Å². The third-order valence-electron chi connectivity index (χ3n) is 2.80. The highest BCUT2D eigenvalue weighted by Gasteiger charge is 2.29. The van der Waals surface area contributed by atoms with Gasteiger partial charge in [-0.1, -0.05) is 12.2 Å². The largest absolute Gasteiger partial charge is 0.392 e. The lowest BCUT2D eigenvalue weighted by Gasteiger charge is -2.33. The molecule has 0 bridgehead atoms. The van der Waals surface area contributed by atoms with Gasteiger partial charge in [0.2, 0.25) is 0 Å². The summed E-state index contributed by atoms with van der Waals surface area (Å²) in [6, 6.07) is 1.46. The molecule has 18 heavy (non-hydrogen) atoms. The van der Waals surface area contributed by atoms with E-state index in [1.54, 1.807) is 0 Å². The molecule has 9 heteroatoms. The molecular weight excluding hydrogens is 274 g/mol. The van der Waals surface area contributed by atoms with E-state index in [-0.39, 0.29) is 5.03 Å². The van der Waals surface area contributed by atoms with Crippen molar-refractivity contribution in [2.45, 2.75) is 5.03 Å². The zero-order valence-corrected chi connectivity index (χ0v) is 11.4. The molecule has 7 nitrogen and oxygen atoms in total. The van der Waals surface area contributed by atoms with Crippen molar-refractivity contribution in [3.63, 3.8) is 0 Å². The number of H-pyrrole nitrogens is 1. The van der Waals surface area contributed by atoms with E-state index in [1.807, 2.05) is 4.90 Å². The summed E-state index contributed by atoms with van der Waals surface area (Å²) in [4.78, 5) is 2.47. The van der Waals surface area contributed by atoms with Gasteiger partial charge in [-0.05, 0) is 6.07 Å². The Bertz CT molecular complexity index is 505. The summed E-state index contributed by atoms with van der Waals surface area (Å²) >= 11 is 4.84. The molecule has 1 aromatic rings. The van der Waals surface area contributed by atoms with Crippen LogP contribution < -0.4 is 5.73 Å². The molecule has 3 N–H and O–H groups in total. The van der Waals surface area contributed by atoms with Crippen LogP contribution in [0.25, 0.3) is 0 Å². The summed E-state index contributed by atoms with van der Waals surface area (Å²) in [5.41, 5.74) is 5.47. The summed E-state index contributed by atoms with van der Waals surface area (Å²) in [7, 11) is -3.45. The Labute approximate surface area is 111 Å². The molecular formula is C9H15N5O2S2. The summed E-state index contributed by atoms with van der Waals surface area (Å²) in [5.74, 6) is 0. The highest BCUT2D eigenvalue weighted by atomic mass is 32.2. The molecule has 0 aliphatic carbocycles. The molecule has 0 saturated carbocycles. The molecule has 0 atom stereocenters. The van der Waals surface area contributed by atoms with Gasteiger partial charge in [0.05, 0.1) is 11.2 Å². The van der Waals surface area contributed by atoms with Gasteiger partial charge in [-0.25, -0.2) is 8.42 Å². The lowest BCUT2D eigenvalue weighted by Crippen LogP contribution is -2.50. The minimum Gasteiger partial charge on any atom is -0.392 e. The molecule has 2 heterocycles. The average Bonchev–Trinajstić information content (AvgIpc) is 2.83. The van der Waals surface area contributed by atoms with Crippen molar-refractivity contribution < 1.29 is 8.42 Å². The fourth-order valence-corrected chi connectivity index (χ4v) is 3.38. The van der Waals surface area contributed by atoms with Crippen LogP contribution >= 0.6 is 12.2 Å². The Hall–Kier alpha value is -1.03. The summed E-state index contributed by atoms with van der Waals surface area (Å²) in [6.07, 6.45) is 1.43. The maximum atomic E-state index is 12.2. The Balaban J connectivity index is 2.00. The normalized spacial score (nSPS) is 18.9. The monoisotopic (exact) mass is 289 g/mol. The zero-order chi connectivity index (χ0) is 13.2. The van der Waals surface area contributed by atoms with E-state index in [1.165, 1.54) is 16.6 Å². The Kier molecular flexibility index (Phi) is 3.95. The highest BCUT2D eigenvalue weighted by molar-refractivity contribution is 7.89. The average molecular weight is 289 g/mol. The first-order valence-corrected chi connectivity index (χ1v) is 7.35. The molecule has 0 radical (unpaired) electrons. The van der Waals surface area contributed by atoms with Crippen molar-refractivity contribution >= 4 is 27.2 Å². The molecule has 1 saturated heterocycles. The van der Waals surface area contributed by atoms with Crippen LogP contribution in [-0.2, 0) is 10.0 Å². The molecule has 1 fully saturated rings. The second-order valence-electron chi connectivity index (χ2n) is 4.07. The number of sulfonamides is 1. The van der Waals surface area contributed by atoms with Gasteiger partial charge < -0.3 is 5.73 Å². The maximum absolute atomic E-state index is 12.2. The number of piperazine rings is 1. The molecule has 1 aliphatic rings. The van der Waals surface area contributed by atoms with Crippen LogP contribution in [0.4, 0.5) is 0 Å². The van der Waals surface area contributed by atoms with Gasteiger partial charge in [0.1, 0.15) is 0 Å². The predicted molar refractivity (Wildman–Crippen MR) is 70.6 cm³/mol. The Morgan fingerprint density at radius 2 is 2.11 bits per heavy atom. The zero-order valence-electron chi connectivity index (χ0n) is 9.74. The molecule has 0 spiro atoms. The standard InChI is InChI=1S/C9H15N5O2S2/c10-8(17)7-13-3-5-14(6-4-13)18(15,16)9-1-2-11-12-9/h1-2H,3-7H2,(H2,10,17)(H,11,12). The third-order valence-corrected chi connectivity index (χ3v) is 4.76. The number of rotatable bonds is 4. The van der Waals surface area contributed by atoms with Crippen molar-refractivity contribution in [2.24, 2.45) is 5.73 Å². The first kappa shape index (κ1) is 13.4. The first-order chi connectivity index (χ1) is 8.50. The number of nitrogens with zero attached hydrogens (tertiary/aromatic N) is 3. The van der Waals surface area contributed by atoms with Gasteiger partial charge in [0.15, 0.2) is 5.03 Å². The summed E-state index contributed by atoms with van der Waals surface area (Å²) in [6.45, 7) is 2.66. The third kappa shape index (κ3) is 2.86. The Morgan fingerprint density at radius 3 is 2.61 bits per heavy atom. The van der Waals surface area contributed by atoms with Crippen LogP contribution in [-0.4, -0.2) is 65.5 Å². The van der Waals surface area contributed by atoms with Crippen LogP contribution in [0.3, 0.4) is 0 Å². The maximum Gasteiger partial charge on any atom is 0.260 e. The topological polar surface area (TPSA) is 95.3 Å². The number of thiocarbonyl (C=S) groups is 1. The van der Waals surface area contributed by atoms with Gasteiger partial charge in [-0.3, -0.25) is 10.00 Å². The number of aromatic amines is 1. The fourth-order valence-electron chi connectivity index (χ4n) is 1.87. The molecule has 0 unspecified atom stereocenters. The smallest absolute Gasteiger partial charge is 0.260 e. The number of hydrogen-bond donors (Lipinski definition) is 2. The van der Waals surface area contributed by atoms with Gasteiger partial charge in [0.25, 0.3) is 10.0 Å². The molecule has 2 rings (SSSR count). The first-order valence-electron chi connectivity index (χ1n) is 5.50. The molecule has 0 aromatic carbocycles. The molecule has 1 aliphatic heterocycles. The number of nitrogens with two attached hydrogens (primary N) is 1. The second-order valence-corrected chi connectivity index (χ2v) is 6.50. The highest BCUT2D eigenvalue weighted by Crippen LogP contribution is 2.14. The minimum atomic E-state index is -3.45. The van der Waals surface area contributed by atoms with Crippen LogP contribution in [0.1, 0.15) is 0 Å². The van der Waals surface area contributed by atoms with Crippen molar-refractivity contribution in [1.29, 1.82) is 0 Å². The fraction of sp³-hybridized carbons (Fsp3) is 0.556. The van der Waals surface area contributed by atoms with Gasteiger partial charge >= 0.3 is 0 Å². The SMILES string of the molecule is NC(=S)CN1CCN(S(=O)(=O)c2ccn[nH]2)CC1. The van der Waals surface area contributed by atoms with E-state index in [0.717, 1.165) is 0 Å². The summed E-state index contributed by atoms with van der Waals surface area (Å²) < 4.78 is 25.8. The minimum absolute atomic E-state index is 0.130. The summed E-state index contributed by atoms with van der Waals surface area (Å²) in [5, 5.41) is 6.28. The van der Waals surface area contributed by atoms with Crippen molar-refractivity contribution in [1.82, 2.24) is 19.4 Å².